The molecule has 0 atom stereocenters. The highest BCUT2D eigenvalue weighted by atomic mass is 16.2. The SMILES string of the molecule is Cn1nnc2c(C(=N)CCC(=O)c3ccccc3)ncn2c1=O. The van der Waals surface area contributed by atoms with Gasteiger partial charge in [-0.1, -0.05) is 35.5 Å². The van der Waals surface area contributed by atoms with E-state index in [0.29, 0.717) is 5.56 Å². The fourth-order valence-electron chi connectivity index (χ4n) is 2.22. The highest BCUT2D eigenvalue weighted by Crippen LogP contribution is 2.10. The maximum Gasteiger partial charge on any atom is 0.352 e. The van der Waals surface area contributed by atoms with E-state index in [-0.39, 0.29) is 41.4 Å². The number of ketones is 1. The maximum absolute atomic E-state index is 12.1. The number of carbonyl (C=O) groups excluding carboxylic acids is 1. The van der Waals surface area contributed by atoms with E-state index in [4.69, 9.17) is 5.41 Å². The van der Waals surface area contributed by atoms with E-state index < -0.39 is 0 Å². The zero-order chi connectivity index (χ0) is 16.4. The first-order valence-corrected chi connectivity index (χ1v) is 7.01. The molecule has 0 saturated carbocycles. The summed E-state index contributed by atoms with van der Waals surface area (Å²) in [5.74, 6) is -0.0409. The van der Waals surface area contributed by atoms with Gasteiger partial charge in [0.25, 0.3) is 0 Å². The average molecular weight is 310 g/mol. The van der Waals surface area contributed by atoms with Crippen LogP contribution in [0.25, 0.3) is 5.65 Å². The predicted octanol–water partition coefficient (Wildman–Crippen LogP) is 0.854. The van der Waals surface area contributed by atoms with Gasteiger partial charge in [0.1, 0.15) is 12.0 Å². The minimum absolute atomic E-state index is 0.0409. The average Bonchev–Trinajstić information content (AvgIpc) is 3.01. The van der Waals surface area contributed by atoms with Crippen molar-refractivity contribution in [3.8, 4) is 0 Å². The lowest BCUT2D eigenvalue weighted by molar-refractivity contribution is 0.0985. The third-order valence-electron chi connectivity index (χ3n) is 3.48. The normalized spacial score (nSPS) is 10.8. The van der Waals surface area contributed by atoms with Gasteiger partial charge in [0.15, 0.2) is 11.4 Å². The molecule has 0 unspecified atom stereocenters. The van der Waals surface area contributed by atoms with Crippen molar-refractivity contribution < 1.29 is 4.79 Å². The Morgan fingerprint density at radius 2 is 1.96 bits per heavy atom. The van der Waals surface area contributed by atoms with Gasteiger partial charge in [0.05, 0.1) is 5.71 Å². The minimum atomic E-state index is -0.387. The highest BCUT2D eigenvalue weighted by molar-refractivity contribution is 6.05. The van der Waals surface area contributed by atoms with E-state index >= 15 is 0 Å². The van der Waals surface area contributed by atoms with Crippen LogP contribution in [0.3, 0.4) is 0 Å². The second-order valence-electron chi connectivity index (χ2n) is 5.05. The van der Waals surface area contributed by atoms with E-state index in [0.717, 1.165) is 4.68 Å². The fourth-order valence-corrected chi connectivity index (χ4v) is 2.22. The second kappa shape index (κ2) is 5.91. The van der Waals surface area contributed by atoms with E-state index in [1.165, 1.54) is 17.8 Å². The van der Waals surface area contributed by atoms with Crippen molar-refractivity contribution in [2.24, 2.45) is 7.05 Å². The smallest absolute Gasteiger partial charge is 0.303 e. The van der Waals surface area contributed by atoms with Crippen molar-refractivity contribution in [2.75, 3.05) is 0 Å². The van der Waals surface area contributed by atoms with Crippen molar-refractivity contribution in [1.82, 2.24) is 24.4 Å². The zero-order valence-corrected chi connectivity index (χ0v) is 12.4. The Hall–Kier alpha value is -3.16. The van der Waals surface area contributed by atoms with Crippen molar-refractivity contribution in [2.45, 2.75) is 12.8 Å². The summed E-state index contributed by atoms with van der Waals surface area (Å²) in [6.07, 6.45) is 1.73. The van der Waals surface area contributed by atoms with Crippen LogP contribution in [0.4, 0.5) is 0 Å². The summed E-state index contributed by atoms with van der Waals surface area (Å²) in [5, 5.41) is 15.7. The standard InChI is InChI=1S/C15H14N6O2/c1-20-15(23)21-9-17-13(14(21)18-19-20)11(16)7-8-12(22)10-5-3-2-4-6-10/h2-6,9,16H,7-8H2,1H3. The largest absolute Gasteiger partial charge is 0.352 e. The number of nitrogens with one attached hydrogen (secondary N) is 1. The summed E-state index contributed by atoms with van der Waals surface area (Å²) in [5.41, 5.74) is 0.881. The molecule has 0 bridgehead atoms. The van der Waals surface area contributed by atoms with E-state index in [2.05, 4.69) is 15.3 Å². The summed E-state index contributed by atoms with van der Waals surface area (Å²) in [6.45, 7) is 0. The number of hydrogen-bond donors (Lipinski definition) is 1. The molecule has 2 aromatic heterocycles. The van der Waals surface area contributed by atoms with Crippen LogP contribution in [0, 0.1) is 5.41 Å². The van der Waals surface area contributed by atoms with Crippen LogP contribution in [0.1, 0.15) is 28.9 Å². The number of nitrogens with zero attached hydrogens (tertiary/aromatic N) is 5. The van der Waals surface area contributed by atoms with Crippen LogP contribution in [0.15, 0.2) is 41.5 Å². The van der Waals surface area contributed by atoms with Crippen LogP contribution in [-0.4, -0.2) is 35.9 Å². The molecule has 0 aliphatic heterocycles. The monoisotopic (exact) mass is 310 g/mol. The lowest BCUT2D eigenvalue weighted by Crippen LogP contribution is -2.27. The Labute approximate surface area is 130 Å². The summed E-state index contributed by atoms with van der Waals surface area (Å²) in [6, 6.07) is 8.93. The molecule has 8 nitrogen and oxygen atoms in total. The molecule has 3 aromatic rings. The number of carbonyl (C=O) groups is 1. The first-order valence-electron chi connectivity index (χ1n) is 7.01. The predicted molar refractivity (Wildman–Crippen MR) is 82.9 cm³/mol. The number of hydrogen-bond acceptors (Lipinski definition) is 6. The van der Waals surface area contributed by atoms with Crippen molar-refractivity contribution in [3.63, 3.8) is 0 Å². The van der Waals surface area contributed by atoms with Crippen LogP contribution < -0.4 is 5.69 Å². The number of aromatic nitrogens is 5. The zero-order valence-electron chi connectivity index (χ0n) is 12.4. The van der Waals surface area contributed by atoms with E-state index in [1.807, 2.05) is 6.07 Å². The summed E-state index contributed by atoms with van der Waals surface area (Å²) >= 11 is 0. The van der Waals surface area contributed by atoms with Crippen LogP contribution >= 0.6 is 0 Å². The first kappa shape index (κ1) is 14.8. The fraction of sp³-hybridized carbons (Fsp3) is 0.200. The quantitative estimate of drug-likeness (QED) is 0.555. The Kier molecular flexibility index (Phi) is 3.80. The van der Waals surface area contributed by atoms with Crippen LogP contribution in [-0.2, 0) is 7.05 Å². The molecular weight excluding hydrogens is 296 g/mol. The van der Waals surface area contributed by atoms with Crippen LogP contribution in [0.2, 0.25) is 0 Å². The number of Topliss-reactive ketones (excluding diaryl/α,β-unsaturated/α-hetero) is 1. The van der Waals surface area contributed by atoms with Gasteiger partial charge in [0, 0.05) is 19.0 Å². The second-order valence-corrected chi connectivity index (χ2v) is 5.05. The molecule has 1 aromatic carbocycles. The Bertz CT molecular complexity index is 942. The van der Waals surface area contributed by atoms with Gasteiger partial charge in [-0.3, -0.25) is 4.79 Å². The molecule has 23 heavy (non-hydrogen) atoms. The topological polar surface area (TPSA) is 106 Å². The number of benzene rings is 1. The van der Waals surface area contributed by atoms with Gasteiger partial charge in [-0.25, -0.2) is 14.2 Å². The lowest BCUT2D eigenvalue weighted by Gasteiger charge is -2.02. The summed E-state index contributed by atoms with van der Waals surface area (Å²) in [7, 11) is 1.48. The molecule has 1 N–H and O–H groups in total. The third-order valence-corrected chi connectivity index (χ3v) is 3.48. The molecule has 0 saturated heterocycles. The number of fused-ring (bicyclic) bond motifs is 1. The summed E-state index contributed by atoms with van der Waals surface area (Å²) in [4.78, 5) is 28.0. The number of rotatable bonds is 5. The molecule has 0 aliphatic rings. The Balaban J connectivity index is 1.78. The molecule has 0 spiro atoms. The molecule has 0 radical (unpaired) electrons. The van der Waals surface area contributed by atoms with Crippen LogP contribution in [0.5, 0.6) is 0 Å². The van der Waals surface area contributed by atoms with E-state index in [9.17, 15) is 9.59 Å². The van der Waals surface area contributed by atoms with Gasteiger partial charge in [-0.05, 0) is 6.42 Å². The number of imidazole rings is 1. The Morgan fingerprint density at radius 3 is 2.70 bits per heavy atom. The van der Waals surface area contributed by atoms with Gasteiger partial charge in [-0.2, -0.15) is 4.68 Å². The molecule has 0 aliphatic carbocycles. The molecule has 8 heteroatoms. The molecule has 2 heterocycles. The summed E-state index contributed by atoms with van der Waals surface area (Å²) < 4.78 is 2.32. The molecule has 0 fully saturated rings. The molecule has 3 rings (SSSR count). The Morgan fingerprint density at radius 1 is 1.22 bits per heavy atom. The lowest BCUT2D eigenvalue weighted by atomic mass is 10.0. The van der Waals surface area contributed by atoms with Crippen molar-refractivity contribution in [3.05, 3.63) is 58.4 Å². The third kappa shape index (κ3) is 2.78. The van der Waals surface area contributed by atoms with Gasteiger partial charge < -0.3 is 5.41 Å². The van der Waals surface area contributed by atoms with Crippen molar-refractivity contribution >= 4 is 17.1 Å². The number of aryl methyl sites for hydroxylation is 1. The molecular formula is C15H14N6O2. The first-order chi connectivity index (χ1) is 11.1. The maximum atomic E-state index is 12.1. The van der Waals surface area contributed by atoms with Gasteiger partial charge in [0.2, 0.25) is 0 Å². The van der Waals surface area contributed by atoms with Gasteiger partial charge >= 0.3 is 5.69 Å². The molecule has 116 valence electrons. The van der Waals surface area contributed by atoms with Crippen molar-refractivity contribution in [1.29, 1.82) is 5.41 Å². The minimum Gasteiger partial charge on any atom is -0.303 e. The van der Waals surface area contributed by atoms with Gasteiger partial charge in [-0.15, -0.1) is 5.10 Å². The highest BCUT2D eigenvalue weighted by Gasteiger charge is 2.15. The molecule has 0 amide bonds. The van der Waals surface area contributed by atoms with E-state index in [1.54, 1.807) is 24.3 Å².